The van der Waals surface area contributed by atoms with Gasteiger partial charge in [0.1, 0.15) is 11.3 Å². The van der Waals surface area contributed by atoms with Gasteiger partial charge in [0.25, 0.3) is 0 Å². The second kappa shape index (κ2) is 10.2. The van der Waals surface area contributed by atoms with Gasteiger partial charge in [-0.15, -0.1) is 6.58 Å². The largest absolute Gasteiger partial charge is 0.482 e. The number of rotatable bonds is 8. The van der Waals surface area contributed by atoms with Gasteiger partial charge in [-0.2, -0.15) is 5.10 Å². The first-order valence-corrected chi connectivity index (χ1v) is 10.6. The van der Waals surface area contributed by atoms with E-state index >= 15 is 0 Å². The van der Waals surface area contributed by atoms with Crippen molar-refractivity contribution in [3.8, 4) is 11.6 Å². The predicted octanol–water partition coefficient (Wildman–Crippen LogP) is 5.86. The second-order valence-electron chi connectivity index (χ2n) is 6.86. The summed E-state index contributed by atoms with van der Waals surface area (Å²) in [6.07, 6.45) is 1.57. The van der Waals surface area contributed by atoms with Crippen molar-refractivity contribution in [1.82, 2.24) is 9.78 Å². The standard InChI is InChI=1S/C23H19Cl3N2O4/c1-4-9-28-23(32-20(29)12-31-19-8-6-15(24)10-13(19)2)21(14(3)27-28)22(30)17-7-5-16(25)11-18(17)26/h4-8,10-11H,1,9,12H2,2-3H3. The maximum atomic E-state index is 13.2. The smallest absolute Gasteiger partial charge is 0.350 e. The maximum absolute atomic E-state index is 13.2. The Hall–Kier alpha value is -2.80. The number of benzene rings is 2. The summed E-state index contributed by atoms with van der Waals surface area (Å²) in [6, 6.07) is 9.57. The fourth-order valence-corrected chi connectivity index (χ4v) is 3.75. The Bertz CT molecular complexity index is 1200. The number of hydrogen-bond donors (Lipinski definition) is 0. The third kappa shape index (κ3) is 5.33. The summed E-state index contributed by atoms with van der Waals surface area (Å²) in [5.74, 6) is -0.677. The van der Waals surface area contributed by atoms with E-state index in [0.29, 0.717) is 21.5 Å². The molecule has 3 rings (SSSR count). The van der Waals surface area contributed by atoms with Crippen molar-refractivity contribution in [2.75, 3.05) is 6.61 Å². The molecule has 0 aliphatic rings. The summed E-state index contributed by atoms with van der Waals surface area (Å²) in [4.78, 5) is 25.8. The lowest BCUT2D eigenvalue weighted by atomic mass is 10.0. The third-order valence-electron chi connectivity index (χ3n) is 4.48. The molecule has 1 heterocycles. The van der Waals surface area contributed by atoms with Crippen LogP contribution in [0.15, 0.2) is 49.1 Å². The van der Waals surface area contributed by atoms with Gasteiger partial charge in [0.05, 0.1) is 17.3 Å². The molecule has 0 saturated heterocycles. The predicted molar refractivity (Wildman–Crippen MR) is 124 cm³/mol. The zero-order chi connectivity index (χ0) is 23.4. The van der Waals surface area contributed by atoms with Crippen molar-refractivity contribution >= 4 is 46.6 Å². The number of esters is 1. The molecule has 1 aromatic heterocycles. The molecule has 0 spiro atoms. The van der Waals surface area contributed by atoms with Crippen LogP contribution in [0.4, 0.5) is 0 Å². The van der Waals surface area contributed by atoms with Crippen molar-refractivity contribution in [2.45, 2.75) is 20.4 Å². The lowest BCUT2D eigenvalue weighted by Gasteiger charge is -2.11. The zero-order valence-corrected chi connectivity index (χ0v) is 19.6. The van der Waals surface area contributed by atoms with Crippen molar-refractivity contribution in [3.63, 3.8) is 0 Å². The Morgan fingerprint density at radius 3 is 2.44 bits per heavy atom. The minimum Gasteiger partial charge on any atom is -0.482 e. The number of hydrogen-bond acceptors (Lipinski definition) is 5. The molecule has 0 N–H and O–H groups in total. The van der Waals surface area contributed by atoms with Crippen molar-refractivity contribution in [1.29, 1.82) is 0 Å². The van der Waals surface area contributed by atoms with Gasteiger partial charge in [-0.1, -0.05) is 40.9 Å². The van der Waals surface area contributed by atoms with Crippen LogP contribution < -0.4 is 9.47 Å². The molecule has 6 nitrogen and oxygen atoms in total. The molecule has 3 aromatic rings. The van der Waals surface area contributed by atoms with E-state index in [1.54, 1.807) is 37.3 Å². The van der Waals surface area contributed by atoms with Crippen molar-refractivity contribution in [2.24, 2.45) is 0 Å². The van der Waals surface area contributed by atoms with Crippen LogP contribution in [-0.4, -0.2) is 28.1 Å². The quantitative estimate of drug-likeness (QED) is 0.223. The number of aromatic nitrogens is 2. The molecule has 0 amide bonds. The Kier molecular flexibility index (Phi) is 7.61. The molecule has 0 atom stereocenters. The van der Waals surface area contributed by atoms with Gasteiger partial charge in [0.2, 0.25) is 11.7 Å². The summed E-state index contributed by atoms with van der Waals surface area (Å²) in [6.45, 7) is 6.97. The van der Waals surface area contributed by atoms with Crippen LogP contribution in [0, 0.1) is 13.8 Å². The number of allylic oxidation sites excluding steroid dienone is 1. The fourth-order valence-electron chi connectivity index (χ4n) is 3.03. The van der Waals surface area contributed by atoms with E-state index in [1.165, 1.54) is 16.8 Å². The first-order chi connectivity index (χ1) is 15.2. The lowest BCUT2D eigenvalue weighted by Crippen LogP contribution is -2.21. The van der Waals surface area contributed by atoms with E-state index in [0.717, 1.165) is 5.56 Å². The highest BCUT2D eigenvalue weighted by Gasteiger charge is 2.27. The molecule has 0 fully saturated rings. The van der Waals surface area contributed by atoms with Crippen molar-refractivity contribution in [3.05, 3.63) is 86.5 Å². The molecule has 0 unspecified atom stereocenters. The van der Waals surface area contributed by atoms with E-state index in [4.69, 9.17) is 44.3 Å². The number of aryl methyl sites for hydroxylation is 2. The molecule has 0 radical (unpaired) electrons. The SMILES string of the molecule is C=CCn1nc(C)c(C(=O)c2ccc(Cl)cc2Cl)c1OC(=O)COc1ccc(Cl)cc1C. The molecular weight excluding hydrogens is 475 g/mol. The number of carbonyl (C=O) groups is 2. The number of ketones is 1. The Morgan fingerprint density at radius 1 is 1.09 bits per heavy atom. The zero-order valence-electron chi connectivity index (χ0n) is 17.3. The monoisotopic (exact) mass is 492 g/mol. The summed E-state index contributed by atoms with van der Waals surface area (Å²) in [7, 11) is 0. The third-order valence-corrected chi connectivity index (χ3v) is 5.26. The van der Waals surface area contributed by atoms with Gasteiger partial charge in [0, 0.05) is 15.6 Å². The van der Waals surface area contributed by atoms with Gasteiger partial charge in [-0.3, -0.25) is 4.79 Å². The number of ether oxygens (including phenoxy) is 2. The molecule has 0 aliphatic heterocycles. The highest BCUT2D eigenvalue weighted by Crippen LogP contribution is 2.30. The van der Waals surface area contributed by atoms with Gasteiger partial charge in [-0.25, -0.2) is 9.48 Å². The average Bonchev–Trinajstić information content (AvgIpc) is 3.01. The highest BCUT2D eigenvalue weighted by atomic mass is 35.5. The molecule has 0 bridgehead atoms. The average molecular weight is 494 g/mol. The Labute approximate surface area is 200 Å². The first kappa shape index (κ1) is 23.9. The van der Waals surface area contributed by atoms with Crippen LogP contribution >= 0.6 is 34.8 Å². The van der Waals surface area contributed by atoms with Crippen LogP contribution in [0.25, 0.3) is 0 Å². The molecule has 9 heteroatoms. The van der Waals surface area contributed by atoms with Crippen molar-refractivity contribution < 1.29 is 19.1 Å². The number of nitrogens with zero attached hydrogens (tertiary/aromatic N) is 2. The van der Waals surface area contributed by atoms with E-state index < -0.39 is 11.8 Å². The van der Waals surface area contributed by atoms with Gasteiger partial charge >= 0.3 is 5.97 Å². The summed E-state index contributed by atoms with van der Waals surface area (Å²) in [5, 5.41) is 5.45. The van der Waals surface area contributed by atoms with Gasteiger partial charge in [0.15, 0.2) is 6.61 Å². The first-order valence-electron chi connectivity index (χ1n) is 9.49. The van der Waals surface area contributed by atoms with Crippen LogP contribution in [0.5, 0.6) is 11.6 Å². The molecule has 0 aliphatic carbocycles. The molecule has 32 heavy (non-hydrogen) atoms. The fraction of sp³-hybridized carbons (Fsp3) is 0.174. The highest BCUT2D eigenvalue weighted by molar-refractivity contribution is 6.37. The second-order valence-corrected chi connectivity index (χ2v) is 8.14. The van der Waals surface area contributed by atoms with E-state index in [1.807, 2.05) is 6.92 Å². The molecule has 0 saturated carbocycles. The summed E-state index contributed by atoms with van der Waals surface area (Å²) in [5.41, 5.74) is 1.47. The molecular formula is C23H19Cl3N2O4. The number of carbonyl (C=O) groups excluding carboxylic acids is 2. The van der Waals surface area contributed by atoms with Gasteiger partial charge in [-0.05, 0) is 55.8 Å². The molecule has 2 aromatic carbocycles. The van der Waals surface area contributed by atoms with Crippen LogP contribution in [0.1, 0.15) is 27.2 Å². The van der Waals surface area contributed by atoms with Crippen LogP contribution in [-0.2, 0) is 11.3 Å². The Balaban J connectivity index is 1.88. The topological polar surface area (TPSA) is 70.4 Å². The van der Waals surface area contributed by atoms with E-state index in [9.17, 15) is 9.59 Å². The van der Waals surface area contributed by atoms with E-state index in [-0.39, 0.29) is 35.2 Å². The lowest BCUT2D eigenvalue weighted by molar-refractivity contribution is -0.137. The summed E-state index contributed by atoms with van der Waals surface area (Å²) >= 11 is 18.1. The number of halogens is 3. The van der Waals surface area contributed by atoms with Gasteiger partial charge < -0.3 is 9.47 Å². The minimum absolute atomic E-state index is 0.0140. The van der Waals surface area contributed by atoms with E-state index in [2.05, 4.69) is 11.7 Å². The summed E-state index contributed by atoms with van der Waals surface area (Å²) < 4.78 is 12.4. The minimum atomic E-state index is -0.708. The van der Waals surface area contributed by atoms with Crippen LogP contribution in [0.3, 0.4) is 0 Å². The molecule has 166 valence electrons. The van der Waals surface area contributed by atoms with Crippen LogP contribution in [0.2, 0.25) is 15.1 Å². The maximum Gasteiger partial charge on any atom is 0.350 e. The normalized spacial score (nSPS) is 10.7. The Morgan fingerprint density at radius 2 is 1.78 bits per heavy atom.